The van der Waals surface area contributed by atoms with Crippen molar-refractivity contribution in [2.45, 2.75) is 45.7 Å². The van der Waals surface area contributed by atoms with Gasteiger partial charge >= 0.3 is 0 Å². The summed E-state index contributed by atoms with van der Waals surface area (Å²) in [5, 5.41) is 4.67. The van der Waals surface area contributed by atoms with Gasteiger partial charge in [-0.2, -0.15) is 0 Å². The first-order valence-corrected chi connectivity index (χ1v) is 8.15. The topological polar surface area (TPSA) is 28.2 Å². The summed E-state index contributed by atoms with van der Waals surface area (Å²) in [4.78, 5) is 7.38. The molecule has 1 saturated heterocycles. The van der Waals surface area contributed by atoms with Crippen LogP contribution in [0, 0.1) is 0 Å². The van der Waals surface area contributed by atoms with Crippen LogP contribution in [0.2, 0.25) is 0 Å². The zero-order valence-electron chi connectivity index (χ0n) is 13.1. The summed E-state index contributed by atoms with van der Waals surface area (Å²) in [6, 6.07) is 11.4. The van der Waals surface area contributed by atoms with E-state index in [0.29, 0.717) is 6.04 Å². The van der Waals surface area contributed by atoms with Gasteiger partial charge in [0.1, 0.15) is 0 Å². The van der Waals surface area contributed by atoms with Crippen LogP contribution >= 0.6 is 0 Å². The molecule has 0 saturated carbocycles. The molecule has 0 radical (unpaired) electrons. The van der Waals surface area contributed by atoms with E-state index in [4.69, 9.17) is 4.98 Å². The third kappa shape index (κ3) is 3.03. The smallest absolute Gasteiger partial charge is 0.0726 e. The van der Waals surface area contributed by atoms with Crippen molar-refractivity contribution in [2.75, 3.05) is 18.0 Å². The molecule has 3 rings (SSSR count). The number of nitrogens with one attached hydrogen (secondary N) is 1. The molecule has 0 aliphatic carbocycles. The van der Waals surface area contributed by atoms with Gasteiger partial charge in [-0.25, -0.2) is 0 Å². The number of piperidine rings is 1. The molecule has 1 fully saturated rings. The van der Waals surface area contributed by atoms with Crippen molar-refractivity contribution < 1.29 is 0 Å². The second kappa shape index (κ2) is 6.44. The largest absolute Gasteiger partial charge is 0.368 e. The Morgan fingerprint density at radius 1 is 1.29 bits per heavy atom. The minimum Gasteiger partial charge on any atom is -0.368 e. The van der Waals surface area contributed by atoms with E-state index in [1.54, 1.807) is 0 Å². The van der Waals surface area contributed by atoms with Gasteiger partial charge in [0.25, 0.3) is 0 Å². The first-order chi connectivity index (χ1) is 10.3. The molecule has 2 heterocycles. The molecular formula is C18H25N3. The SMILES string of the molecule is CCNCc1cc(N2CCCCC2C)c2ccccc2n1. The Labute approximate surface area is 127 Å². The van der Waals surface area contributed by atoms with Gasteiger partial charge in [0.15, 0.2) is 0 Å². The third-order valence-corrected chi connectivity index (χ3v) is 4.42. The molecule has 1 aliphatic rings. The van der Waals surface area contributed by atoms with Crippen LogP contribution < -0.4 is 10.2 Å². The molecule has 1 aromatic heterocycles. The van der Waals surface area contributed by atoms with Gasteiger partial charge in [0.05, 0.1) is 11.2 Å². The molecule has 3 nitrogen and oxygen atoms in total. The lowest BCUT2D eigenvalue weighted by Crippen LogP contribution is -2.37. The standard InChI is InChI=1S/C18H25N3/c1-3-19-13-15-12-18(21-11-7-6-8-14(21)2)16-9-4-5-10-17(16)20-15/h4-5,9-10,12,14,19H,3,6-8,11,13H2,1-2H3. The molecule has 3 heteroatoms. The van der Waals surface area contributed by atoms with Crippen molar-refractivity contribution in [1.82, 2.24) is 10.3 Å². The number of rotatable bonds is 4. The Kier molecular flexibility index (Phi) is 4.39. The van der Waals surface area contributed by atoms with Gasteiger partial charge < -0.3 is 10.2 Å². The van der Waals surface area contributed by atoms with E-state index in [1.807, 2.05) is 0 Å². The van der Waals surface area contributed by atoms with Gasteiger partial charge in [-0.05, 0) is 44.9 Å². The van der Waals surface area contributed by atoms with E-state index in [9.17, 15) is 0 Å². The highest BCUT2D eigenvalue weighted by Gasteiger charge is 2.21. The minimum atomic E-state index is 0.622. The van der Waals surface area contributed by atoms with Crippen LogP contribution in [0.15, 0.2) is 30.3 Å². The molecule has 0 bridgehead atoms. The molecule has 112 valence electrons. The lowest BCUT2D eigenvalue weighted by atomic mass is 10.0. The van der Waals surface area contributed by atoms with Gasteiger partial charge in [-0.1, -0.05) is 25.1 Å². The average molecular weight is 283 g/mol. The summed E-state index contributed by atoms with van der Waals surface area (Å²) < 4.78 is 0. The highest BCUT2D eigenvalue weighted by Crippen LogP contribution is 2.31. The van der Waals surface area contributed by atoms with Gasteiger partial charge in [-0.15, -0.1) is 0 Å². The number of para-hydroxylation sites is 1. The van der Waals surface area contributed by atoms with Crippen LogP contribution in [0.1, 0.15) is 38.8 Å². The van der Waals surface area contributed by atoms with Gasteiger partial charge in [0.2, 0.25) is 0 Å². The van der Waals surface area contributed by atoms with Crippen molar-refractivity contribution in [1.29, 1.82) is 0 Å². The number of aromatic nitrogens is 1. The molecule has 1 aliphatic heterocycles. The minimum absolute atomic E-state index is 0.622. The van der Waals surface area contributed by atoms with E-state index >= 15 is 0 Å². The summed E-state index contributed by atoms with van der Waals surface area (Å²) in [7, 11) is 0. The summed E-state index contributed by atoms with van der Waals surface area (Å²) in [5.41, 5.74) is 3.62. The van der Waals surface area contributed by atoms with Crippen molar-refractivity contribution in [3.05, 3.63) is 36.0 Å². The molecule has 1 atom stereocenters. The second-order valence-electron chi connectivity index (χ2n) is 5.97. The Balaban J connectivity index is 2.05. The zero-order chi connectivity index (χ0) is 14.7. The van der Waals surface area contributed by atoms with Gasteiger partial charge in [0, 0.05) is 30.2 Å². The van der Waals surface area contributed by atoms with Crippen molar-refractivity contribution >= 4 is 16.6 Å². The van der Waals surface area contributed by atoms with E-state index in [0.717, 1.165) is 30.8 Å². The van der Waals surface area contributed by atoms with Crippen LogP contribution in [0.5, 0.6) is 0 Å². The van der Waals surface area contributed by atoms with Crippen LogP contribution in [-0.2, 0) is 6.54 Å². The van der Waals surface area contributed by atoms with Crippen molar-refractivity contribution in [3.8, 4) is 0 Å². The normalized spacial score (nSPS) is 19.1. The zero-order valence-corrected chi connectivity index (χ0v) is 13.1. The molecule has 0 spiro atoms. The number of hydrogen-bond donors (Lipinski definition) is 1. The van der Waals surface area contributed by atoms with E-state index in [2.05, 4.69) is 54.4 Å². The van der Waals surface area contributed by atoms with Crippen LogP contribution in [0.3, 0.4) is 0 Å². The van der Waals surface area contributed by atoms with Crippen LogP contribution in [-0.4, -0.2) is 24.1 Å². The lowest BCUT2D eigenvalue weighted by Gasteiger charge is -2.36. The summed E-state index contributed by atoms with van der Waals surface area (Å²) >= 11 is 0. The Hall–Kier alpha value is -1.61. The van der Waals surface area contributed by atoms with Gasteiger partial charge in [-0.3, -0.25) is 4.98 Å². The highest BCUT2D eigenvalue weighted by molar-refractivity contribution is 5.92. The predicted molar refractivity (Wildman–Crippen MR) is 89.8 cm³/mol. The van der Waals surface area contributed by atoms with E-state index in [-0.39, 0.29) is 0 Å². The first kappa shape index (κ1) is 14.3. The Bertz CT molecular complexity index is 608. The first-order valence-electron chi connectivity index (χ1n) is 8.15. The van der Waals surface area contributed by atoms with Crippen molar-refractivity contribution in [3.63, 3.8) is 0 Å². The van der Waals surface area contributed by atoms with E-state index < -0.39 is 0 Å². The number of hydrogen-bond acceptors (Lipinski definition) is 3. The third-order valence-electron chi connectivity index (χ3n) is 4.42. The summed E-state index contributed by atoms with van der Waals surface area (Å²) in [5.74, 6) is 0. The molecule has 2 aromatic rings. The number of pyridine rings is 1. The molecular weight excluding hydrogens is 258 g/mol. The summed E-state index contributed by atoms with van der Waals surface area (Å²) in [6.07, 6.45) is 3.94. The van der Waals surface area contributed by atoms with Crippen LogP contribution in [0.4, 0.5) is 5.69 Å². The molecule has 1 aromatic carbocycles. The highest BCUT2D eigenvalue weighted by atomic mass is 15.2. The maximum absolute atomic E-state index is 4.80. The second-order valence-corrected chi connectivity index (χ2v) is 5.97. The fourth-order valence-corrected chi connectivity index (χ4v) is 3.25. The number of nitrogens with zero attached hydrogens (tertiary/aromatic N) is 2. The lowest BCUT2D eigenvalue weighted by molar-refractivity contribution is 0.485. The number of benzene rings is 1. The fourth-order valence-electron chi connectivity index (χ4n) is 3.25. The maximum atomic E-state index is 4.80. The van der Waals surface area contributed by atoms with Crippen molar-refractivity contribution in [2.24, 2.45) is 0 Å². The molecule has 1 unspecified atom stereocenters. The number of anilines is 1. The quantitative estimate of drug-likeness (QED) is 0.927. The Morgan fingerprint density at radius 2 is 2.14 bits per heavy atom. The molecule has 21 heavy (non-hydrogen) atoms. The predicted octanol–water partition coefficient (Wildman–Crippen LogP) is 3.72. The molecule has 1 N–H and O–H groups in total. The van der Waals surface area contributed by atoms with Crippen LogP contribution in [0.25, 0.3) is 10.9 Å². The average Bonchev–Trinajstić information content (AvgIpc) is 2.52. The monoisotopic (exact) mass is 283 g/mol. The summed E-state index contributed by atoms with van der Waals surface area (Å²) in [6.45, 7) is 7.46. The number of fused-ring (bicyclic) bond motifs is 1. The molecule has 0 amide bonds. The maximum Gasteiger partial charge on any atom is 0.0726 e. The fraction of sp³-hybridized carbons (Fsp3) is 0.500. The van der Waals surface area contributed by atoms with E-state index in [1.165, 1.54) is 30.3 Å². The Morgan fingerprint density at radius 3 is 2.95 bits per heavy atom.